The molecule has 9 heteroatoms. The first-order valence-electron chi connectivity index (χ1n) is 16.3. The molecule has 1 aliphatic heterocycles. The van der Waals surface area contributed by atoms with Gasteiger partial charge in [0.05, 0.1) is 17.2 Å². The Labute approximate surface area is 287 Å². The van der Waals surface area contributed by atoms with E-state index in [0.29, 0.717) is 48.3 Å². The molecule has 5 rings (SSSR count). The van der Waals surface area contributed by atoms with Crippen molar-refractivity contribution in [3.63, 3.8) is 0 Å². The van der Waals surface area contributed by atoms with Gasteiger partial charge in [-0.1, -0.05) is 54.9 Å². The van der Waals surface area contributed by atoms with Gasteiger partial charge in [-0.05, 0) is 91.9 Å². The second kappa shape index (κ2) is 17.4. The predicted octanol–water partition coefficient (Wildman–Crippen LogP) is 7.80. The highest BCUT2D eigenvalue weighted by molar-refractivity contribution is 6.32. The average Bonchev–Trinajstić information content (AvgIpc) is 3.11. The van der Waals surface area contributed by atoms with E-state index in [1.54, 1.807) is 12.3 Å². The Balaban J connectivity index is 1.29. The number of hydrogen-bond donors (Lipinski definition) is 1. The van der Waals surface area contributed by atoms with Crippen molar-refractivity contribution in [2.45, 2.75) is 52.4 Å². The molecule has 0 unspecified atom stereocenters. The van der Waals surface area contributed by atoms with Crippen LogP contribution in [-0.4, -0.2) is 42.0 Å². The molecule has 4 aromatic rings. The number of rotatable bonds is 15. The number of halogens is 1. The van der Waals surface area contributed by atoms with Crippen molar-refractivity contribution in [2.24, 2.45) is 0 Å². The Bertz CT molecular complexity index is 1760. The molecule has 48 heavy (non-hydrogen) atoms. The molecule has 1 aromatic heterocycles. The first kappa shape index (κ1) is 34.5. The minimum atomic E-state index is -0.186. The Hall–Kier alpha value is -4.84. The van der Waals surface area contributed by atoms with E-state index in [1.165, 1.54) is 31.5 Å². The van der Waals surface area contributed by atoms with Crippen molar-refractivity contribution in [3.05, 3.63) is 119 Å². The van der Waals surface area contributed by atoms with E-state index < -0.39 is 0 Å². The van der Waals surface area contributed by atoms with Crippen LogP contribution in [0.3, 0.4) is 0 Å². The molecule has 1 aliphatic rings. The number of ether oxygens (including phenoxy) is 3. The normalized spacial score (nSPS) is 12.9. The van der Waals surface area contributed by atoms with Gasteiger partial charge in [-0.3, -0.25) is 14.7 Å². The highest BCUT2D eigenvalue weighted by atomic mass is 35.5. The maximum Gasteiger partial charge on any atom is 0.243 e. The van der Waals surface area contributed by atoms with Crippen LogP contribution >= 0.6 is 11.6 Å². The lowest BCUT2D eigenvalue weighted by Gasteiger charge is -2.27. The highest BCUT2D eigenvalue weighted by Gasteiger charge is 2.18. The van der Waals surface area contributed by atoms with Crippen LogP contribution in [0, 0.1) is 18.3 Å². The molecule has 1 amide bonds. The Morgan fingerprint density at radius 1 is 1.00 bits per heavy atom. The van der Waals surface area contributed by atoms with Crippen LogP contribution in [0.5, 0.6) is 17.2 Å². The van der Waals surface area contributed by atoms with Crippen molar-refractivity contribution in [1.82, 2.24) is 15.2 Å². The fourth-order valence-corrected chi connectivity index (χ4v) is 5.94. The van der Waals surface area contributed by atoms with Crippen molar-refractivity contribution in [2.75, 3.05) is 26.2 Å². The maximum absolute atomic E-state index is 11.3. The predicted molar refractivity (Wildman–Crippen MR) is 188 cm³/mol. The second-order valence-electron chi connectivity index (χ2n) is 11.8. The van der Waals surface area contributed by atoms with Crippen LogP contribution in [0.25, 0.3) is 11.1 Å². The number of pyridine rings is 1. The van der Waals surface area contributed by atoms with Crippen LogP contribution < -0.4 is 19.5 Å². The van der Waals surface area contributed by atoms with Gasteiger partial charge in [0, 0.05) is 42.7 Å². The SMILES string of the molecule is C=CC(=O)NCCCOc1cccc(-c2cccc(COc3cc(OCc4cncc(C#N)c4)c(CN4CCCCC4)cc3Cl)c2C)c1. The number of amides is 1. The Morgan fingerprint density at radius 2 is 1.81 bits per heavy atom. The maximum atomic E-state index is 11.3. The molecule has 248 valence electrons. The number of benzene rings is 3. The molecule has 3 aromatic carbocycles. The summed E-state index contributed by atoms with van der Waals surface area (Å²) in [6.45, 7) is 9.99. The number of nitrogens with one attached hydrogen (secondary N) is 1. The zero-order valence-corrected chi connectivity index (χ0v) is 28.1. The van der Waals surface area contributed by atoms with Crippen molar-refractivity contribution in [3.8, 4) is 34.4 Å². The average molecular weight is 665 g/mol. The number of hydrogen-bond acceptors (Lipinski definition) is 7. The van der Waals surface area contributed by atoms with Gasteiger partial charge in [-0.2, -0.15) is 5.26 Å². The minimum Gasteiger partial charge on any atom is -0.494 e. The number of piperidine rings is 1. The number of carbonyl (C=O) groups is 1. The topological polar surface area (TPSA) is 96.7 Å². The summed E-state index contributed by atoms with van der Waals surface area (Å²) in [6.07, 6.45) is 8.83. The van der Waals surface area contributed by atoms with E-state index in [2.05, 4.69) is 53.0 Å². The molecule has 0 aliphatic carbocycles. The van der Waals surface area contributed by atoms with Gasteiger partial charge in [0.15, 0.2) is 0 Å². The number of nitriles is 1. The van der Waals surface area contributed by atoms with E-state index in [9.17, 15) is 10.1 Å². The van der Waals surface area contributed by atoms with E-state index in [-0.39, 0.29) is 12.5 Å². The highest BCUT2D eigenvalue weighted by Crippen LogP contribution is 2.36. The summed E-state index contributed by atoms with van der Waals surface area (Å²) in [4.78, 5) is 17.9. The Morgan fingerprint density at radius 3 is 2.62 bits per heavy atom. The minimum absolute atomic E-state index is 0.186. The number of likely N-dealkylation sites (tertiary alicyclic amines) is 1. The lowest BCUT2D eigenvalue weighted by atomic mass is 9.96. The molecule has 1 fully saturated rings. The van der Waals surface area contributed by atoms with Crippen molar-refractivity contribution >= 4 is 17.5 Å². The zero-order chi connectivity index (χ0) is 33.7. The third kappa shape index (κ3) is 9.60. The Kier molecular flexibility index (Phi) is 12.5. The van der Waals surface area contributed by atoms with Crippen LogP contribution in [0.4, 0.5) is 0 Å². The standard InChI is InChI=1S/C39H41ClN4O4/c1-3-39(45)43-14-9-17-46-34-12-7-10-31(19-34)35-13-8-11-32(28(35)2)27-48-38-21-37(47-26-30-18-29(22-41)23-42-24-30)33(20-36(38)40)25-44-15-5-4-6-16-44/h3,7-8,10-13,18-21,23-24H,1,4-6,9,14-17,25-27H2,2H3,(H,43,45). The summed E-state index contributed by atoms with van der Waals surface area (Å²) >= 11 is 6.83. The molecule has 1 saturated heterocycles. The molecule has 1 N–H and O–H groups in total. The van der Waals surface area contributed by atoms with Crippen LogP contribution in [-0.2, 0) is 24.6 Å². The van der Waals surface area contributed by atoms with Gasteiger partial charge < -0.3 is 19.5 Å². The number of aromatic nitrogens is 1. The lowest BCUT2D eigenvalue weighted by molar-refractivity contribution is -0.116. The van der Waals surface area contributed by atoms with Gasteiger partial charge >= 0.3 is 0 Å². The largest absolute Gasteiger partial charge is 0.494 e. The third-order valence-electron chi connectivity index (χ3n) is 8.32. The summed E-state index contributed by atoms with van der Waals surface area (Å²) < 4.78 is 18.6. The van der Waals surface area contributed by atoms with E-state index in [0.717, 1.165) is 58.8 Å². The molecular weight excluding hydrogens is 624 g/mol. The lowest BCUT2D eigenvalue weighted by Crippen LogP contribution is -2.29. The van der Waals surface area contributed by atoms with Crippen LogP contribution in [0.1, 0.15) is 53.5 Å². The fraction of sp³-hybridized carbons (Fsp3) is 0.308. The summed E-state index contributed by atoms with van der Waals surface area (Å²) in [5, 5.41) is 12.6. The van der Waals surface area contributed by atoms with Gasteiger partial charge in [0.25, 0.3) is 0 Å². The molecule has 0 bridgehead atoms. The summed E-state index contributed by atoms with van der Waals surface area (Å²) in [6, 6.07) is 21.9. The summed E-state index contributed by atoms with van der Waals surface area (Å²) in [5.74, 6) is 1.83. The summed E-state index contributed by atoms with van der Waals surface area (Å²) in [5.41, 5.74) is 6.56. The van der Waals surface area contributed by atoms with E-state index >= 15 is 0 Å². The van der Waals surface area contributed by atoms with Gasteiger partial charge in [0.2, 0.25) is 5.91 Å². The molecule has 0 atom stereocenters. The van der Waals surface area contributed by atoms with Gasteiger partial charge in [-0.25, -0.2) is 0 Å². The smallest absolute Gasteiger partial charge is 0.243 e. The summed E-state index contributed by atoms with van der Waals surface area (Å²) in [7, 11) is 0. The van der Waals surface area contributed by atoms with Gasteiger partial charge in [-0.15, -0.1) is 0 Å². The first-order valence-corrected chi connectivity index (χ1v) is 16.7. The molecule has 0 radical (unpaired) electrons. The van der Waals surface area contributed by atoms with Crippen LogP contribution in [0.2, 0.25) is 5.02 Å². The number of carbonyl (C=O) groups excluding carboxylic acids is 1. The molecule has 0 spiro atoms. The fourth-order valence-electron chi connectivity index (χ4n) is 5.70. The molecular formula is C39H41ClN4O4. The second-order valence-corrected chi connectivity index (χ2v) is 12.2. The molecule has 8 nitrogen and oxygen atoms in total. The monoisotopic (exact) mass is 664 g/mol. The molecule has 2 heterocycles. The molecule has 0 saturated carbocycles. The van der Waals surface area contributed by atoms with Crippen molar-refractivity contribution < 1.29 is 19.0 Å². The number of nitrogens with zero attached hydrogens (tertiary/aromatic N) is 3. The van der Waals surface area contributed by atoms with Gasteiger partial charge in [0.1, 0.15) is 36.5 Å². The quantitative estimate of drug-likeness (QED) is 0.102. The first-order chi connectivity index (χ1) is 23.4. The van der Waals surface area contributed by atoms with Crippen molar-refractivity contribution in [1.29, 1.82) is 5.26 Å². The van der Waals surface area contributed by atoms with Crippen LogP contribution in [0.15, 0.2) is 85.7 Å². The van der Waals surface area contributed by atoms with E-state index in [4.69, 9.17) is 25.8 Å². The zero-order valence-electron chi connectivity index (χ0n) is 27.3. The van der Waals surface area contributed by atoms with E-state index in [1.807, 2.05) is 36.4 Å². The third-order valence-corrected chi connectivity index (χ3v) is 8.62.